The fraction of sp³-hybridized carbons (Fsp3) is 0.500. The van der Waals surface area contributed by atoms with Gasteiger partial charge in [-0.1, -0.05) is 13.8 Å². The predicted octanol–water partition coefficient (Wildman–Crippen LogP) is 3.04. The maximum Gasteiger partial charge on any atom is 0.222 e. The van der Waals surface area contributed by atoms with E-state index in [0.717, 1.165) is 6.07 Å². The van der Waals surface area contributed by atoms with Gasteiger partial charge in [0.1, 0.15) is 0 Å². The first-order valence-electron chi connectivity index (χ1n) is 4.61. The largest absolute Gasteiger partial charge is 0.388 e. The lowest BCUT2D eigenvalue weighted by molar-refractivity contribution is 0.144. The molecule has 1 rings (SSSR count). The summed E-state index contributed by atoms with van der Waals surface area (Å²) in [6.07, 6.45) is -0.495. The molecule has 1 N–H and O–H groups in total. The summed E-state index contributed by atoms with van der Waals surface area (Å²) in [4.78, 5) is 3.06. The second kappa shape index (κ2) is 5.16. The van der Waals surface area contributed by atoms with Crippen LogP contribution in [0.2, 0.25) is 0 Å². The number of aromatic nitrogens is 1. The van der Waals surface area contributed by atoms with Crippen LogP contribution in [0.25, 0.3) is 0 Å². The van der Waals surface area contributed by atoms with Crippen LogP contribution in [0.5, 0.6) is 0 Å². The van der Waals surface area contributed by atoms with Crippen molar-refractivity contribution in [3.8, 4) is 0 Å². The zero-order chi connectivity index (χ0) is 11.6. The van der Waals surface area contributed by atoms with Crippen molar-refractivity contribution in [2.45, 2.75) is 26.4 Å². The number of aliphatic hydroxyl groups is 1. The molecule has 1 atom stereocenters. The second-order valence-electron chi connectivity index (χ2n) is 3.78. The molecular weight excluding hydrogens is 315 g/mol. The molecule has 0 spiro atoms. The van der Waals surface area contributed by atoms with Gasteiger partial charge in [0.05, 0.1) is 6.10 Å². The second-order valence-corrected chi connectivity index (χ2v) is 4.94. The lowest BCUT2D eigenvalue weighted by Gasteiger charge is -2.15. The van der Waals surface area contributed by atoms with Gasteiger partial charge in [0.2, 0.25) is 11.9 Å². The molecule has 1 unspecified atom stereocenters. The summed E-state index contributed by atoms with van der Waals surface area (Å²) in [6, 6.07) is 1.11. The third-order valence-electron chi connectivity index (χ3n) is 1.96. The van der Waals surface area contributed by atoms with Crippen molar-refractivity contribution in [3.63, 3.8) is 0 Å². The van der Waals surface area contributed by atoms with E-state index < -0.39 is 18.0 Å². The van der Waals surface area contributed by atoms with Crippen LogP contribution in [0.15, 0.2) is 6.07 Å². The Morgan fingerprint density at radius 1 is 1.47 bits per heavy atom. The highest BCUT2D eigenvalue weighted by molar-refractivity contribution is 14.1. The van der Waals surface area contributed by atoms with E-state index in [2.05, 4.69) is 4.98 Å². The van der Waals surface area contributed by atoms with E-state index in [-0.39, 0.29) is 11.5 Å². The molecule has 1 aromatic heterocycles. The van der Waals surface area contributed by atoms with Crippen molar-refractivity contribution >= 4 is 22.6 Å². The maximum atomic E-state index is 13.3. The average Bonchev–Trinajstić information content (AvgIpc) is 1.99. The monoisotopic (exact) mass is 327 g/mol. The summed E-state index contributed by atoms with van der Waals surface area (Å²) < 4.78 is 26.4. The first kappa shape index (κ1) is 12.8. The standard InChI is InChI=1S/C10H12F2INO/c1-5(2)3-7(15)9-6(13)4-8(11)14-10(9)12/h4-5,7,15H,3H2,1-2H3. The van der Waals surface area contributed by atoms with Crippen molar-refractivity contribution in [2.24, 2.45) is 5.92 Å². The number of halogens is 3. The Balaban J connectivity index is 3.03. The van der Waals surface area contributed by atoms with Gasteiger partial charge in [0, 0.05) is 15.2 Å². The number of rotatable bonds is 3. The average molecular weight is 327 g/mol. The van der Waals surface area contributed by atoms with Gasteiger partial charge >= 0.3 is 0 Å². The lowest BCUT2D eigenvalue weighted by Crippen LogP contribution is -2.09. The third kappa shape index (κ3) is 3.34. The summed E-state index contributed by atoms with van der Waals surface area (Å²) >= 11 is 1.79. The SMILES string of the molecule is CC(C)CC(O)c1c(I)cc(F)nc1F. The quantitative estimate of drug-likeness (QED) is 0.684. The zero-order valence-corrected chi connectivity index (χ0v) is 10.6. The van der Waals surface area contributed by atoms with Crippen molar-refractivity contribution < 1.29 is 13.9 Å². The minimum atomic E-state index is -0.926. The van der Waals surface area contributed by atoms with Crippen LogP contribution >= 0.6 is 22.6 Å². The molecule has 0 amide bonds. The van der Waals surface area contributed by atoms with Crippen LogP contribution in [-0.4, -0.2) is 10.1 Å². The van der Waals surface area contributed by atoms with Gasteiger partial charge < -0.3 is 5.11 Å². The van der Waals surface area contributed by atoms with Gasteiger partial charge in [0.25, 0.3) is 0 Å². The van der Waals surface area contributed by atoms with Gasteiger partial charge in [-0.3, -0.25) is 0 Å². The molecule has 15 heavy (non-hydrogen) atoms. The molecular formula is C10H12F2INO. The molecule has 0 bridgehead atoms. The first-order chi connectivity index (χ1) is 6.91. The Labute approximate surface area is 101 Å². The third-order valence-corrected chi connectivity index (χ3v) is 2.85. The molecule has 0 saturated carbocycles. The molecule has 0 aliphatic carbocycles. The highest BCUT2D eigenvalue weighted by atomic mass is 127. The number of pyridine rings is 1. The maximum absolute atomic E-state index is 13.3. The molecule has 0 aromatic carbocycles. The molecule has 0 saturated heterocycles. The fourth-order valence-electron chi connectivity index (χ4n) is 1.33. The molecule has 5 heteroatoms. The van der Waals surface area contributed by atoms with Gasteiger partial charge in [0.15, 0.2) is 0 Å². The van der Waals surface area contributed by atoms with Crippen molar-refractivity contribution in [2.75, 3.05) is 0 Å². The van der Waals surface area contributed by atoms with Crippen LogP contribution in [0.4, 0.5) is 8.78 Å². The predicted molar refractivity (Wildman–Crippen MR) is 61.3 cm³/mol. The fourth-order valence-corrected chi connectivity index (χ4v) is 2.17. The molecule has 1 heterocycles. The number of hydrogen-bond acceptors (Lipinski definition) is 2. The zero-order valence-electron chi connectivity index (χ0n) is 8.47. The molecule has 0 fully saturated rings. The molecule has 0 aliphatic rings. The number of nitrogens with zero attached hydrogens (tertiary/aromatic N) is 1. The Kier molecular flexibility index (Phi) is 4.39. The summed E-state index contributed by atoms with van der Waals surface area (Å²) in [5.41, 5.74) is 0.0886. The Hall–Kier alpha value is -0.300. The van der Waals surface area contributed by atoms with E-state index in [1.807, 2.05) is 13.8 Å². The summed E-state index contributed by atoms with van der Waals surface area (Å²) in [6.45, 7) is 3.84. The van der Waals surface area contributed by atoms with Crippen LogP contribution < -0.4 is 0 Å². The van der Waals surface area contributed by atoms with E-state index in [9.17, 15) is 13.9 Å². The van der Waals surface area contributed by atoms with Crippen LogP contribution in [0, 0.1) is 21.4 Å². The Bertz CT molecular complexity index is 334. The minimum Gasteiger partial charge on any atom is -0.388 e. The number of hydrogen-bond donors (Lipinski definition) is 1. The van der Waals surface area contributed by atoms with Gasteiger partial charge in [-0.2, -0.15) is 13.8 Å². The van der Waals surface area contributed by atoms with Crippen molar-refractivity contribution in [1.29, 1.82) is 0 Å². The normalized spacial score (nSPS) is 13.3. The molecule has 84 valence electrons. The first-order valence-corrected chi connectivity index (χ1v) is 5.69. The Morgan fingerprint density at radius 2 is 2.07 bits per heavy atom. The van der Waals surface area contributed by atoms with Crippen LogP contribution in [0.1, 0.15) is 31.9 Å². The summed E-state index contributed by atoms with van der Waals surface area (Å²) in [5.74, 6) is -1.55. The summed E-state index contributed by atoms with van der Waals surface area (Å²) in [5, 5.41) is 9.74. The van der Waals surface area contributed by atoms with Gasteiger partial charge in [-0.05, 0) is 34.9 Å². The smallest absolute Gasteiger partial charge is 0.222 e. The van der Waals surface area contributed by atoms with Crippen LogP contribution in [-0.2, 0) is 0 Å². The topological polar surface area (TPSA) is 33.1 Å². The van der Waals surface area contributed by atoms with Gasteiger partial charge in [-0.15, -0.1) is 0 Å². The summed E-state index contributed by atoms with van der Waals surface area (Å²) in [7, 11) is 0. The number of aliphatic hydroxyl groups excluding tert-OH is 1. The molecule has 1 aromatic rings. The van der Waals surface area contributed by atoms with E-state index in [0.29, 0.717) is 9.99 Å². The molecule has 0 radical (unpaired) electrons. The van der Waals surface area contributed by atoms with Crippen LogP contribution in [0.3, 0.4) is 0 Å². The highest BCUT2D eigenvalue weighted by Crippen LogP contribution is 2.27. The van der Waals surface area contributed by atoms with E-state index in [4.69, 9.17) is 0 Å². The highest BCUT2D eigenvalue weighted by Gasteiger charge is 2.19. The van der Waals surface area contributed by atoms with Gasteiger partial charge in [-0.25, -0.2) is 0 Å². The van der Waals surface area contributed by atoms with E-state index in [1.165, 1.54) is 0 Å². The van der Waals surface area contributed by atoms with E-state index in [1.54, 1.807) is 22.6 Å². The minimum absolute atomic E-state index is 0.0886. The van der Waals surface area contributed by atoms with Crippen molar-refractivity contribution in [1.82, 2.24) is 4.98 Å². The molecule has 0 aliphatic heterocycles. The molecule has 2 nitrogen and oxygen atoms in total. The van der Waals surface area contributed by atoms with E-state index >= 15 is 0 Å². The van der Waals surface area contributed by atoms with Crippen molar-refractivity contribution in [3.05, 3.63) is 27.1 Å². The lowest BCUT2D eigenvalue weighted by atomic mass is 10.0. The Morgan fingerprint density at radius 3 is 2.53 bits per heavy atom.